The van der Waals surface area contributed by atoms with Crippen molar-refractivity contribution in [2.45, 2.75) is 38.1 Å². The molecule has 0 aliphatic heterocycles. The van der Waals surface area contributed by atoms with Gasteiger partial charge in [-0.2, -0.15) is 4.98 Å². The summed E-state index contributed by atoms with van der Waals surface area (Å²) in [6, 6.07) is 6.05. The Balaban J connectivity index is 1.83. The van der Waals surface area contributed by atoms with Gasteiger partial charge in [-0.1, -0.05) is 22.9 Å². The van der Waals surface area contributed by atoms with Crippen molar-refractivity contribution in [2.24, 2.45) is 5.73 Å². The molecule has 2 N–H and O–H groups in total. The molecule has 5 nitrogen and oxygen atoms in total. The molecule has 0 saturated heterocycles. The maximum atomic E-state index is 6.20. The van der Waals surface area contributed by atoms with E-state index < -0.39 is 0 Å². The van der Waals surface area contributed by atoms with Crippen molar-refractivity contribution in [1.82, 2.24) is 10.1 Å². The van der Waals surface area contributed by atoms with Crippen LogP contribution in [0.15, 0.2) is 22.7 Å². The van der Waals surface area contributed by atoms with Crippen molar-refractivity contribution in [1.29, 1.82) is 0 Å². The summed E-state index contributed by atoms with van der Waals surface area (Å²) in [6.07, 6.45) is 3.56. The monoisotopic (exact) mass is 273 g/mol. The number of nitrogens with two attached hydrogens (primary N) is 1. The molecule has 0 spiro atoms. The summed E-state index contributed by atoms with van der Waals surface area (Å²) in [5.74, 6) is 2.05. The van der Waals surface area contributed by atoms with Crippen LogP contribution in [-0.2, 0) is 12.0 Å². The van der Waals surface area contributed by atoms with Gasteiger partial charge in [0, 0.05) is 5.56 Å². The Morgan fingerprint density at radius 1 is 1.40 bits per heavy atom. The predicted molar refractivity (Wildman–Crippen MR) is 74.6 cm³/mol. The number of aryl methyl sites for hydroxylation is 1. The van der Waals surface area contributed by atoms with Crippen LogP contribution < -0.4 is 10.5 Å². The lowest BCUT2D eigenvalue weighted by molar-refractivity contribution is 0.229. The number of hydrogen-bond donors (Lipinski definition) is 1. The number of ether oxygens (including phenoxy) is 1. The largest absolute Gasteiger partial charge is 0.496 e. The number of hydrogen-bond acceptors (Lipinski definition) is 5. The number of methoxy groups -OCH3 is 1. The molecular weight excluding hydrogens is 254 g/mol. The third-order valence-electron chi connectivity index (χ3n) is 3.94. The molecule has 1 aromatic carbocycles. The normalized spacial score (nSPS) is 16.8. The second-order valence-corrected chi connectivity index (χ2v) is 5.51. The van der Waals surface area contributed by atoms with Gasteiger partial charge in [0.2, 0.25) is 5.89 Å². The summed E-state index contributed by atoms with van der Waals surface area (Å²) in [5, 5.41) is 4.03. The molecule has 0 radical (unpaired) electrons. The Morgan fingerprint density at radius 3 is 2.85 bits per heavy atom. The molecule has 1 aliphatic rings. The van der Waals surface area contributed by atoms with Gasteiger partial charge in [0.1, 0.15) is 5.75 Å². The average Bonchev–Trinajstić information content (AvgIpc) is 2.85. The van der Waals surface area contributed by atoms with Crippen LogP contribution in [0, 0.1) is 6.92 Å². The van der Waals surface area contributed by atoms with Crippen molar-refractivity contribution in [3.8, 4) is 5.75 Å². The topological polar surface area (TPSA) is 74.2 Å². The SMILES string of the molecule is COc1ccc(C)cc1Cc1nc(C2(N)CCC2)no1. The molecular formula is C15H19N3O2. The van der Waals surface area contributed by atoms with Gasteiger partial charge >= 0.3 is 0 Å². The fraction of sp³-hybridized carbons (Fsp3) is 0.467. The molecule has 0 bridgehead atoms. The molecule has 0 unspecified atom stereocenters. The molecule has 1 fully saturated rings. The summed E-state index contributed by atoms with van der Waals surface area (Å²) in [5.41, 5.74) is 8.04. The molecule has 5 heteroatoms. The smallest absolute Gasteiger partial charge is 0.231 e. The molecule has 0 atom stereocenters. The lowest BCUT2D eigenvalue weighted by Crippen LogP contribution is -2.44. The van der Waals surface area contributed by atoms with Crippen LogP contribution >= 0.6 is 0 Å². The summed E-state index contributed by atoms with van der Waals surface area (Å²) < 4.78 is 10.7. The first kappa shape index (κ1) is 13.1. The van der Waals surface area contributed by atoms with Crippen LogP contribution in [0.3, 0.4) is 0 Å². The lowest BCUT2D eigenvalue weighted by Gasteiger charge is -2.34. The number of aromatic nitrogens is 2. The van der Waals surface area contributed by atoms with E-state index in [1.807, 2.05) is 19.1 Å². The molecule has 1 aromatic heterocycles. The maximum absolute atomic E-state index is 6.20. The van der Waals surface area contributed by atoms with E-state index in [4.69, 9.17) is 15.0 Å². The molecule has 2 aromatic rings. The Hall–Kier alpha value is -1.88. The summed E-state index contributed by atoms with van der Waals surface area (Å²) in [4.78, 5) is 4.45. The highest BCUT2D eigenvalue weighted by Crippen LogP contribution is 2.37. The fourth-order valence-electron chi connectivity index (χ4n) is 2.52. The minimum absolute atomic E-state index is 0.377. The Bertz CT molecular complexity index is 617. The first-order chi connectivity index (χ1) is 9.60. The van der Waals surface area contributed by atoms with E-state index in [0.717, 1.165) is 30.6 Å². The van der Waals surface area contributed by atoms with Gasteiger partial charge in [-0.15, -0.1) is 0 Å². The lowest BCUT2D eigenvalue weighted by atomic mass is 9.77. The zero-order chi connectivity index (χ0) is 14.2. The summed E-state index contributed by atoms with van der Waals surface area (Å²) in [6.45, 7) is 2.05. The highest BCUT2D eigenvalue weighted by Gasteiger charge is 2.38. The van der Waals surface area contributed by atoms with E-state index in [1.165, 1.54) is 5.56 Å². The molecule has 1 aliphatic carbocycles. The van der Waals surface area contributed by atoms with Crippen molar-refractivity contribution in [3.05, 3.63) is 41.0 Å². The second kappa shape index (κ2) is 4.90. The zero-order valence-corrected chi connectivity index (χ0v) is 11.8. The number of nitrogens with zero attached hydrogens (tertiary/aromatic N) is 2. The van der Waals surface area contributed by atoms with E-state index in [2.05, 4.69) is 16.2 Å². The van der Waals surface area contributed by atoms with Gasteiger partial charge in [-0.3, -0.25) is 0 Å². The minimum Gasteiger partial charge on any atom is -0.496 e. The number of benzene rings is 1. The first-order valence-electron chi connectivity index (χ1n) is 6.86. The molecule has 106 valence electrons. The third-order valence-corrected chi connectivity index (χ3v) is 3.94. The van der Waals surface area contributed by atoms with E-state index in [0.29, 0.717) is 18.1 Å². The van der Waals surface area contributed by atoms with Crippen molar-refractivity contribution >= 4 is 0 Å². The summed E-state index contributed by atoms with van der Waals surface area (Å²) >= 11 is 0. The zero-order valence-electron chi connectivity index (χ0n) is 11.8. The Labute approximate surface area is 118 Å². The van der Waals surface area contributed by atoms with Crippen molar-refractivity contribution < 1.29 is 9.26 Å². The van der Waals surface area contributed by atoms with E-state index in [1.54, 1.807) is 7.11 Å². The molecule has 1 saturated carbocycles. The second-order valence-electron chi connectivity index (χ2n) is 5.51. The van der Waals surface area contributed by atoms with E-state index in [9.17, 15) is 0 Å². The van der Waals surface area contributed by atoms with Crippen molar-refractivity contribution in [2.75, 3.05) is 7.11 Å². The van der Waals surface area contributed by atoms with Crippen LogP contribution in [0.2, 0.25) is 0 Å². The molecule has 1 heterocycles. The maximum Gasteiger partial charge on any atom is 0.231 e. The van der Waals surface area contributed by atoms with Gasteiger partial charge in [-0.25, -0.2) is 0 Å². The number of rotatable bonds is 4. The fourth-order valence-corrected chi connectivity index (χ4v) is 2.52. The standard InChI is InChI=1S/C15H19N3O2/c1-10-4-5-12(19-2)11(8-10)9-13-17-14(18-20-13)15(16)6-3-7-15/h4-5,8H,3,6-7,9,16H2,1-2H3. The molecule has 3 rings (SSSR count). The van der Waals surface area contributed by atoms with Crippen LogP contribution in [0.4, 0.5) is 0 Å². The Morgan fingerprint density at radius 2 is 2.20 bits per heavy atom. The van der Waals surface area contributed by atoms with E-state index in [-0.39, 0.29) is 5.54 Å². The highest BCUT2D eigenvalue weighted by atomic mass is 16.5. The van der Waals surface area contributed by atoms with Crippen LogP contribution in [0.5, 0.6) is 5.75 Å². The van der Waals surface area contributed by atoms with Crippen LogP contribution in [0.1, 0.15) is 42.1 Å². The van der Waals surface area contributed by atoms with Gasteiger partial charge in [0.05, 0.1) is 19.1 Å². The predicted octanol–water partition coefficient (Wildman–Crippen LogP) is 2.32. The molecule has 20 heavy (non-hydrogen) atoms. The van der Waals surface area contributed by atoms with E-state index >= 15 is 0 Å². The molecule has 0 amide bonds. The third kappa shape index (κ3) is 2.29. The van der Waals surface area contributed by atoms with Gasteiger partial charge in [0.25, 0.3) is 0 Å². The quantitative estimate of drug-likeness (QED) is 0.925. The van der Waals surface area contributed by atoms with Gasteiger partial charge in [0.15, 0.2) is 5.82 Å². The summed E-state index contributed by atoms with van der Waals surface area (Å²) in [7, 11) is 1.66. The Kier molecular flexibility index (Phi) is 3.22. The first-order valence-corrected chi connectivity index (χ1v) is 6.86. The van der Waals surface area contributed by atoms with Gasteiger partial charge < -0.3 is 15.0 Å². The van der Waals surface area contributed by atoms with Crippen LogP contribution in [-0.4, -0.2) is 17.3 Å². The highest BCUT2D eigenvalue weighted by molar-refractivity contribution is 5.38. The minimum atomic E-state index is -0.377. The van der Waals surface area contributed by atoms with Crippen molar-refractivity contribution in [3.63, 3.8) is 0 Å². The van der Waals surface area contributed by atoms with Crippen LogP contribution in [0.25, 0.3) is 0 Å². The van der Waals surface area contributed by atoms with Gasteiger partial charge in [-0.05, 0) is 32.3 Å². The average molecular weight is 273 g/mol.